The van der Waals surface area contributed by atoms with Gasteiger partial charge in [0.2, 0.25) is 0 Å². The maximum absolute atomic E-state index is 4.48. The summed E-state index contributed by atoms with van der Waals surface area (Å²) < 4.78 is 0. The third-order valence-corrected chi connectivity index (χ3v) is 3.22. The Hall–Kier alpha value is -2.88. The molecule has 0 fully saturated rings. The number of hydrogen-bond donors (Lipinski definition) is 0. The smallest absolute Gasteiger partial charge is 0.0886 e. The van der Waals surface area contributed by atoms with Gasteiger partial charge in [0, 0.05) is 24.8 Å². The van der Waals surface area contributed by atoms with Crippen LogP contribution in [0.1, 0.15) is 17.8 Å². The monoisotopic (exact) mass is 288 g/mol. The molecule has 4 heteroatoms. The molecule has 0 saturated carbocycles. The van der Waals surface area contributed by atoms with E-state index < -0.39 is 0 Å². The van der Waals surface area contributed by atoms with E-state index in [4.69, 9.17) is 0 Å². The Morgan fingerprint density at radius 1 is 0.682 bits per heavy atom. The molecule has 3 rings (SSSR count). The van der Waals surface area contributed by atoms with Gasteiger partial charge < -0.3 is 0 Å². The van der Waals surface area contributed by atoms with Gasteiger partial charge in [-0.05, 0) is 43.2 Å². The molecule has 4 nitrogen and oxygen atoms in total. The lowest BCUT2D eigenvalue weighted by molar-refractivity contribution is 0.916. The Balaban J connectivity index is 2.18. The molecule has 0 unspecified atom stereocenters. The quantitative estimate of drug-likeness (QED) is 0.743. The van der Waals surface area contributed by atoms with E-state index in [2.05, 4.69) is 26.0 Å². The van der Waals surface area contributed by atoms with Gasteiger partial charge in [0.05, 0.1) is 22.4 Å². The summed E-state index contributed by atoms with van der Waals surface area (Å²) in [5.41, 5.74) is 3.54. The lowest BCUT2D eigenvalue weighted by Crippen LogP contribution is -1.96. The molecule has 0 atom stereocenters. The molecular weight excluding hydrogens is 272 g/mol. The Morgan fingerprint density at radius 2 is 1.32 bits per heavy atom. The summed E-state index contributed by atoms with van der Waals surface area (Å²) in [5, 5.41) is 0. The Morgan fingerprint density at radius 3 is 2.05 bits per heavy atom. The number of aryl methyl sites for hydroxylation is 1. The first-order valence-electron chi connectivity index (χ1n) is 7.22. The number of nitrogens with zero attached hydrogens (tertiary/aromatic N) is 4. The van der Waals surface area contributed by atoms with Gasteiger partial charge in [0.15, 0.2) is 0 Å². The van der Waals surface area contributed by atoms with Crippen LogP contribution in [0.2, 0.25) is 0 Å². The number of allylic oxidation sites excluding steroid dienone is 1. The Kier molecular flexibility index (Phi) is 4.62. The summed E-state index contributed by atoms with van der Waals surface area (Å²) in [6, 6.07) is 11.4. The minimum absolute atomic E-state index is 0.822. The second kappa shape index (κ2) is 7.22. The largest absolute Gasteiger partial charge is 0.259 e. The lowest BCUT2D eigenvalue weighted by atomic mass is 10.1. The fourth-order valence-electron chi connectivity index (χ4n) is 2.15. The third-order valence-electron chi connectivity index (χ3n) is 3.22. The van der Waals surface area contributed by atoms with Crippen LogP contribution in [0.3, 0.4) is 0 Å². The highest BCUT2D eigenvalue weighted by atomic mass is 14.8. The van der Waals surface area contributed by atoms with Crippen LogP contribution in [-0.4, -0.2) is 19.9 Å². The molecule has 108 valence electrons. The van der Waals surface area contributed by atoms with Gasteiger partial charge in [-0.25, -0.2) is 0 Å². The van der Waals surface area contributed by atoms with Gasteiger partial charge in [-0.1, -0.05) is 18.2 Å². The fourth-order valence-corrected chi connectivity index (χ4v) is 2.15. The number of benzene rings is 1. The average molecular weight is 288 g/mol. The van der Waals surface area contributed by atoms with Crippen LogP contribution >= 0.6 is 0 Å². The molecule has 0 aliphatic heterocycles. The fraction of sp³-hybridized carbons (Fsp3) is 0.111. The van der Waals surface area contributed by atoms with Crippen molar-refractivity contribution >= 4 is 17.1 Å². The topological polar surface area (TPSA) is 51.6 Å². The van der Waals surface area contributed by atoms with Crippen molar-refractivity contribution in [3.05, 3.63) is 78.6 Å². The van der Waals surface area contributed by atoms with Gasteiger partial charge in [-0.15, -0.1) is 0 Å². The summed E-state index contributed by atoms with van der Waals surface area (Å²) in [7, 11) is 0. The molecule has 1 aliphatic carbocycles. The standard InChI is InChI=1S/C18H16N4/c1-2-8-16-15(7-1)19-11-5-13-21-17-9-3-4-10-18(17)22-14-6-12-20-16/h1-3,5-9,11-14H,4,10H2. The van der Waals surface area contributed by atoms with E-state index in [0.29, 0.717) is 0 Å². The summed E-state index contributed by atoms with van der Waals surface area (Å²) in [5.74, 6) is 0. The number of rotatable bonds is 0. The SMILES string of the molecule is C1=Cc2ncccnc3ccccc3ncccnc2CC1. The molecule has 0 spiro atoms. The van der Waals surface area contributed by atoms with E-state index in [-0.39, 0.29) is 0 Å². The molecule has 1 heterocycles. The molecule has 1 aromatic carbocycles. The molecule has 0 saturated heterocycles. The van der Waals surface area contributed by atoms with Crippen molar-refractivity contribution in [3.8, 4) is 0 Å². The van der Waals surface area contributed by atoms with Crippen molar-refractivity contribution in [2.45, 2.75) is 12.8 Å². The van der Waals surface area contributed by atoms with Gasteiger partial charge in [0.25, 0.3) is 0 Å². The zero-order valence-electron chi connectivity index (χ0n) is 12.1. The van der Waals surface area contributed by atoms with Crippen LogP contribution < -0.4 is 0 Å². The van der Waals surface area contributed by atoms with E-state index in [1.807, 2.05) is 42.5 Å². The molecule has 1 aliphatic rings. The minimum atomic E-state index is 0.822. The van der Waals surface area contributed by atoms with Crippen molar-refractivity contribution in [2.75, 3.05) is 0 Å². The van der Waals surface area contributed by atoms with E-state index in [1.54, 1.807) is 24.8 Å². The van der Waals surface area contributed by atoms with Crippen molar-refractivity contribution in [3.63, 3.8) is 0 Å². The van der Waals surface area contributed by atoms with Crippen molar-refractivity contribution in [2.24, 2.45) is 0 Å². The van der Waals surface area contributed by atoms with Crippen LogP contribution in [0.5, 0.6) is 0 Å². The average Bonchev–Trinajstić information content (AvgIpc) is 2.56. The first-order chi connectivity index (χ1) is 10.9. The van der Waals surface area contributed by atoms with Crippen molar-refractivity contribution in [1.29, 1.82) is 0 Å². The molecule has 0 radical (unpaired) electrons. The summed E-state index contributed by atoms with van der Waals surface area (Å²) in [6.45, 7) is 0. The molecule has 0 N–H and O–H groups in total. The van der Waals surface area contributed by atoms with Crippen molar-refractivity contribution in [1.82, 2.24) is 19.9 Å². The van der Waals surface area contributed by atoms with E-state index in [9.17, 15) is 0 Å². The van der Waals surface area contributed by atoms with Crippen LogP contribution in [0, 0.1) is 0 Å². The highest BCUT2D eigenvalue weighted by molar-refractivity contribution is 5.72. The van der Waals surface area contributed by atoms with Crippen LogP contribution in [0.25, 0.3) is 17.1 Å². The predicted octanol–water partition coefficient (Wildman–Crippen LogP) is 3.63. The molecule has 2 aromatic rings. The lowest BCUT2D eigenvalue weighted by Gasteiger charge is -2.03. The summed E-state index contributed by atoms with van der Waals surface area (Å²) in [6.07, 6.45) is 13.0. The highest BCUT2D eigenvalue weighted by Crippen LogP contribution is 2.11. The number of hydrogen-bond acceptors (Lipinski definition) is 4. The van der Waals surface area contributed by atoms with Crippen LogP contribution in [-0.2, 0) is 6.42 Å². The molecule has 22 heavy (non-hydrogen) atoms. The first kappa shape index (κ1) is 14.1. The maximum Gasteiger partial charge on any atom is 0.0886 e. The van der Waals surface area contributed by atoms with E-state index in [1.165, 1.54) is 0 Å². The van der Waals surface area contributed by atoms with Crippen LogP contribution in [0.4, 0.5) is 0 Å². The predicted molar refractivity (Wildman–Crippen MR) is 87.7 cm³/mol. The summed E-state index contributed by atoms with van der Waals surface area (Å²) >= 11 is 0. The zero-order valence-corrected chi connectivity index (χ0v) is 12.1. The van der Waals surface area contributed by atoms with Crippen LogP contribution in [0.15, 0.2) is 67.3 Å². The number of para-hydroxylation sites is 2. The van der Waals surface area contributed by atoms with E-state index >= 15 is 0 Å². The van der Waals surface area contributed by atoms with E-state index in [0.717, 1.165) is 35.3 Å². The normalized spacial score (nSPS) is 12.0. The van der Waals surface area contributed by atoms with Gasteiger partial charge in [-0.2, -0.15) is 0 Å². The molecule has 1 aromatic heterocycles. The zero-order chi connectivity index (χ0) is 15.0. The molecule has 0 amide bonds. The summed E-state index contributed by atoms with van der Waals surface area (Å²) in [4.78, 5) is 17.8. The third kappa shape index (κ3) is 3.61. The minimum Gasteiger partial charge on any atom is -0.259 e. The van der Waals surface area contributed by atoms with Crippen molar-refractivity contribution < 1.29 is 0 Å². The molecular formula is C18H16N4. The van der Waals surface area contributed by atoms with Gasteiger partial charge in [0.1, 0.15) is 0 Å². The number of fused-ring (bicyclic) bond motifs is 2. The van der Waals surface area contributed by atoms with Gasteiger partial charge in [-0.3, -0.25) is 19.9 Å². The number of aromatic nitrogens is 4. The molecule has 0 bridgehead atoms. The highest BCUT2D eigenvalue weighted by Gasteiger charge is 2.02. The maximum atomic E-state index is 4.48. The van der Waals surface area contributed by atoms with Gasteiger partial charge >= 0.3 is 0 Å². The Labute approximate surface area is 129 Å². The second-order valence-electron chi connectivity index (χ2n) is 4.76. The second-order valence-corrected chi connectivity index (χ2v) is 4.76. The first-order valence-corrected chi connectivity index (χ1v) is 7.22. The Bertz CT molecular complexity index is 812.